The molecule has 0 saturated heterocycles. The number of aliphatic hydroxyl groups is 1. The minimum Gasteiger partial charge on any atom is -0.393 e. The lowest BCUT2D eigenvalue weighted by atomic mass is 9.77. The lowest BCUT2D eigenvalue weighted by molar-refractivity contribution is 0.0652. The van der Waals surface area contributed by atoms with E-state index < -0.39 is 0 Å². The van der Waals surface area contributed by atoms with Crippen molar-refractivity contribution in [1.29, 1.82) is 0 Å². The molecule has 14 heavy (non-hydrogen) atoms. The molecule has 1 N–H and O–H groups in total. The predicted octanol–water partition coefficient (Wildman–Crippen LogP) is 3.75. The Bertz CT molecular complexity index is 136. The molecule has 0 aromatic carbocycles. The van der Waals surface area contributed by atoms with Crippen molar-refractivity contribution in [2.45, 2.75) is 71.3 Å². The van der Waals surface area contributed by atoms with Crippen LogP contribution in [0.4, 0.5) is 0 Å². The number of rotatable bonds is 5. The highest BCUT2D eigenvalue weighted by atomic mass is 16.3. The highest BCUT2D eigenvalue weighted by Gasteiger charge is 2.25. The van der Waals surface area contributed by atoms with E-state index in [0.29, 0.717) is 5.92 Å². The summed E-state index contributed by atoms with van der Waals surface area (Å²) in [5.74, 6) is 1.58. The second kappa shape index (κ2) is 6.44. The fraction of sp³-hybridized carbons (Fsp3) is 1.00. The normalized spacial score (nSPS) is 30.2. The highest BCUT2D eigenvalue weighted by Crippen LogP contribution is 2.34. The van der Waals surface area contributed by atoms with Crippen molar-refractivity contribution in [1.82, 2.24) is 0 Å². The zero-order chi connectivity index (χ0) is 10.4. The standard InChI is InChI=1S/C13H26O/c1-3-5-11-7-9-12(10-8-11)13(14)6-4-2/h11-14H,3-10H2,1-2H3/t11?,12?,13-/m0/s1. The molecule has 1 aliphatic carbocycles. The van der Waals surface area contributed by atoms with Gasteiger partial charge in [0.2, 0.25) is 0 Å². The van der Waals surface area contributed by atoms with Crippen molar-refractivity contribution >= 4 is 0 Å². The Hall–Kier alpha value is -0.0400. The van der Waals surface area contributed by atoms with E-state index in [9.17, 15) is 5.11 Å². The molecule has 0 aromatic rings. The Labute approximate surface area is 88.9 Å². The van der Waals surface area contributed by atoms with Crippen molar-refractivity contribution in [2.24, 2.45) is 11.8 Å². The molecule has 84 valence electrons. The molecule has 1 aliphatic rings. The van der Waals surface area contributed by atoms with Gasteiger partial charge in [0.1, 0.15) is 0 Å². The van der Waals surface area contributed by atoms with Crippen LogP contribution in [0.5, 0.6) is 0 Å². The smallest absolute Gasteiger partial charge is 0.0568 e. The number of hydrogen-bond donors (Lipinski definition) is 1. The molecule has 0 aliphatic heterocycles. The van der Waals surface area contributed by atoms with Crippen molar-refractivity contribution in [3.8, 4) is 0 Å². The third kappa shape index (κ3) is 3.61. The van der Waals surface area contributed by atoms with E-state index in [2.05, 4.69) is 13.8 Å². The largest absolute Gasteiger partial charge is 0.393 e. The number of aliphatic hydroxyl groups excluding tert-OH is 1. The zero-order valence-corrected chi connectivity index (χ0v) is 9.84. The molecule has 1 saturated carbocycles. The Morgan fingerprint density at radius 2 is 1.71 bits per heavy atom. The Balaban J connectivity index is 2.21. The van der Waals surface area contributed by atoms with E-state index in [1.807, 2.05) is 0 Å². The Morgan fingerprint density at radius 3 is 2.21 bits per heavy atom. The lowest BCUT2D eigenvalue weighted by Crippen LogP contribution is -2.25. The third-order valence-corrected chi connectivity index (χ3v) is 3.72. The van der Waals surface area contributed by atoms with Gasteiger partial charge in [-0.2, -0.15) is 0 Å². The van der Waals surface area contributed by atoms with Crippen LogP contribution in [0.15, 0.2) is 0 Å². The Kier molecular flexibility index (Phi) is 5.54. The van der Waals surface area contributed by atoms with E-state index in [1.165, 1.54) is 38.5 Å². The molecule has 1 fully saturated rings. The van der Waals surface area contributed by atoms with Crippen LogP contribution in [0.3, 0.4) is 0 Å². The summed E-state index contributed by atoms with van der Waals surface area (Å²) in [6.07, 6.45) is 10.1. The van der Waals surface area contributed by atoms with E-state index in [-0.39, 0.29) is 6.10 Å². The van der Waals surface area contributed by atoms with Crippen LogP contribution >= 0.6 is 0 Å². The molecule has 0 spiro atoms. The molecule has 0 bridgehead atoms. The maximum atomic E-state index is 9.89. The fourth-order valence-electron chi connectivity index (χ4n) is 2.80. The van der Waals surface area contributed by atoms with Gasteiger partial charge in [-0.15, -0.1) is 0 Å². The maximum absolute atomic E-state index is 9.89. The van der Waals surface area contributed by atoms with Crippen molar-refractivity contribution in [3.63, 3.8) is 0 Å². The number of hydrogen-bond acceptors (Lipinski definition) is 1. The first-order valence-corrected chi connectivity index (χ1v) is 6.46. The third-order valence-electron chi connectivity index (χ3n) is 3.72. The van der Waals surface area contributed by atoms with Gasteiger partial charge in [-0.05, 0) is 31.1 Å². The topological polar surface area (TPSA) is 20.2 Å². The second-order valence-electron chi connectivity index (χ2n) is 4.93. The minimum absolute atomic E-state index is 0.0115. The average molecular weight is 198 g/mol. The van der Waals surface area contributed by atoms with Gasteiger partial charge in [0.15, 0.2) is 0 Å². The van der Waals surface area contributed by atoms with E-state index in [0.717, 1.165) is 18.8 Å². The van der Waals surface area contributed by atoms with Crippen molar-refractivity contribution in [2.75, 3.05) is 0 Å². The van der Waals surface area contributed by atoms with Crippen LogP contribution in [0.25, 0.3) is 0 Å². The van der Waals surface area contributed by atoms with Crippen LogP contribution in [-0.2, 0) is 0 Å². The van der Waals surface area contributed by atoms with E-state index >= 15 is 0 Å². The Morgan fingerprint density at radius 1 is 1.07 bits per heavy atom. The molecule has 0 amide bonds. The summed E-state index contributed by atoms with van der Waals surface area (Å²) in [6, 6.07) is 0. The van der Waals surface area contributed by atoms with Gasteiger partial charge in [0.25, 0.3) is 0 Å². The van der Waals surface area contributed by atoms with Crippen molar-refractivity contribution < 1.29 is 5.11 Å². The summed E-state index contributed by atoms with van der Waals surface area (Å²) in [7, 11) is 0. The molecule has 1 nitrogen and oxygen atoms in total. The summed E-state index contributed by atoms with van der Waals surface area (Å²) in [6.45, 7) is 4.43. The first-order valence-electron chi connectivity index (χ1n) is 6.46. The molecule has 1 rings (SSSR count). The summed E-state index contributed by atoms with van der Waals surface area (Å²) in [4.78, 5) is 0. The molecular weight excluding hydrogens is 172 g/mol. The minimum atomic E-state index is -0.0115. The van der Waals surface area contributed by atoms with Gasteiger partial charge in [-0.3, -0.25) is 0 Å². The fourth-order valence-corrected chi connectivity index (χ4v) is 2.80. The van der Waals surface area contributed by atoms with Gasteiger partial charge in [-0.1, -0.05) is 46.0 Å². The summed E-state index contributed by atoms with van der Waals surface area (Å²) < 4.78 is 0. The molecule has 0 heterocycles. The first-order chi connectivity index (χ1) is 6.77. The van der Waals surface area contributed by atoms with Gasteiger partial charge in [-0.25, -0.2) is 0 Å². The second-order valence-corrected chi connectivity index (χ2v) is 4.93. The molecular formula is C13H26O. The summed E-state index contributed by atoms with van der Waals surface area (Å²) in [5, 5.41) is 9.89. The van der Waals surface area contributed by atoms with E-state index in [1.54, 1.807) is 0 Å². The maximum Gasteiger partial charge on any atom is 0.0568 e. The van der Waals surface area contributed by atoms with Crippen LogP contribution in [-0.4, -0.2) is 11.2 Å². The molecule has 1 heteroatoms. The van der Waals surface area contributed by atoms with Gasteiger partial charge in [0, 0.05) is 0 Å². The van der Waals surface area contributed by atoms with Crippen LogP contribution in [0, 0.1) is 11.8 Å². The van der Waals surface area contributed by atoms with Gasteiger partial charge < -0.3 is 5.11 Å². The summed E-state index contributed by atoms with van der Waals surface area (Å²) >= 11 is 0. The molecule has 0 unspecified atom stereocenters. The highest BCUT2D eigenvalue weighted by molar-refractivity contribution is 4.77. The SMILES string of the molecule is CCCC1CCC([C@@H](O)CCC)CC1. The van der Waals surface area contributed by atoms with E-state index in [4.69, 9.17) is 0 Å². The molecule has 0 radical (unpaired) electrons. The first kappa shape index (κ1) is 12.0. The quantitative estimate of drug-likeness (QED) is 0.713. The van der Waals surface area contributed by atoms with Gasteiger partial charge >= 0.3 is 0 Å². The predicted molar refractivity (Wildman–Crippen MR) is 61.3 cm³/mol. The van der Waals surface area contributed by atoms with Crippen LogP contribution < -0.4 is 0 Å². The molecule has 0 aromatic heterocycles. The van der Waals surface area contributed by atoms with Crippen LogP contribution in [0.2, 0.25) is 0 Å². The average Bonchev–Trinajstić information content (AvgIpc) is 2.20. The van der Waals surface area contributed by atoms with Crippen molar-refractivity contribution in [3.05, 3.63) is 0 Å². The molecule has 1 atom stereocenters. The zero-order valence-electron chi connectivity index (χ0n) is 9.84. The lowest BCUT2D eigenvalue weighted by Gasteiger charge is -2.31. The van der Waals surface area contributed by atoms with Crippen LogP contribution in [0.1, 0.15) is 65.2 Å². The summed E-state index contributed by atoms with van der Waals surface area (Å²) in [5.41, 5.74) is 0. The monoisotopic (exact) mass is 198 g/mol. The van der Waals surface area contributed by atoms with Gasteiger partial charge in [0.05, 0.1) is 6.10 Å².